The summed E-state index contributed by atoms with van der Waals surface area (Å²) >= 11 is 0. The quantitative estimate of drug-likeness (QED) is 0.867. The molecule has 0 spiro atoms. The van der Waals surface area contributed by atoms with Crippen LogP contribution >= 0.6 is 0 Å². The fourth-order valence-electron chi connectivity index (χ4n) is 1.83. The maximum absolute atomic E-state index is 5.39. The molecule has 0 saturated carbocycles. The highest BCUT2D eigenvalue weighted by Crippen LogP contribution is 2.34. The average Bonchev–Trinajstić information content (AvgIpc) is 2.82. The van der Waals surface area contributed by atoms with Crippen molar-refractivity contribution in [3.8, 4) is 11.5 Å². The van der Waals surface area contributed by atoms with Gasteiger partial charge in [-0.3, -0.25) is 0 Å². The average molecular weight is 250 g/mol. The Morgan fingerprint density at radius 2 is 1.94 bits per heavy atom. The van der Waals surface area contributed by atoms with E-state index in [2.05, 4.69) is 50.3 Å². The molecule has 0 saturated heterocycles. The topological polar surface area (TPSA) is 33.7 Å². The monoisotopic (exact) mass is 250 g/mol. The molecule has 1 aromatic rings. The molecule has 0 aromatic heterocycles. The third-order valence-corrected chi connectivity index (χ3v) is 3.50. The summed E-state index contributed by atoms with van der Waals surface area (Å²) in [6.07, 6.45) is 0. The Kier molecular flexibility index (Phi) is 4.09. The molecule has 1 N–H and O–H groups in total. The second-order valence-corrected chi connectivity index (χ2v) is 5.06. The van der Waals surface area contributed by atoms with Crippen molar-refractivity contribution in [2.45, 2.75) is 25.9 Å². The van der Waals surface area contributed by atoms with Crippen LogP contribution in [0.4, 0.5) is 0 Å². The predicted octanol–water partition coefficient (Wildman–Crippen LogP) is 2.02. The van der Waals surface area contributed by atoms with Crippen LogP contribution in [0.2, 0.25) is 0 Å². The molecule has 2 rings (SSSR count). The van der Waals surface area contributed by atoms with E-state index in [1.54, 1.807) is 0 Å². The second-order valence-electron chi connectivity index (χ2n) is 5.06. The van der Waals surface area contributed by atoms with E-state index in [0.29, 0.717) is 18.9 Å². The number of hydrogen-bond donors (Lipinski definition) is 1. The fourth-order valence-corrected chi connectivity index (χ4v) is 1.83. The van der Waals surface area contributed by atoms with Gasteiger partial charge in [-0.05, 0) is 45.6 Å². The van der Waals surface area contributed by atoms with E-state index >= 15 is 0 Å². The third kappa shape index (κ3) is 2.94. The largest absolute Gasteiger partial charge is 0.454 e. The summed E-state index contributed by atoms with van der Waals surface area (Å²) in [5, 5.41) is 3.53. The van der Waals surface area contributed by atoms with E-state index in [1.165, 1.54) is 5.56 Å². The third-order valence-electron chi connectivity index (χ3n) is 3.50. The van der Waals surface area contributed by atoms with Gasteiger partial charge in [-0.15, -0.1) is 0 Å². The molecule has 1 aromatic carbocycles. The van der Waals surface area contributed by atoms with Gasteiger partial charge >= 0.3 is 0 Å². The van der Waals surface area contributed by atoms with E-state index in [9.17, 15) is 0 Å². The zero-order valence-corrected chi connectivity index (χ0v) is 11.6. The van der Waals surface area contributed by atoms with Gasteiger partial charge in [0, 0.05) is 18.6 Å². The first kappa shape index (κ1) is 13.2. The first-order chi connectivity index (χ1) is 8.58. The Hall–Kier alpha value is -1.26. The maximum atomic E-state index is 5.39. The van der Waals surface area contributed by atoms with Crippen LogP contribution in [0.25, 0.3) is 0 Å². The Labute approximate surface area is 109 Å². The minimum absolute atomic E-state index is 0.307. The van der Waals surface area contributed by atoms with Crippen LogP contribution in [0.1, 0.15) is 25.5 Å². The van der Waals surface area contributed by atoms with Crippen molar-refractivity contribution in [2.75, 3.05) is 27.4 Å². The van der Waals surface area contributed by atoms with Gasteiger partial charge in [-0.25, -0.2) is 0 Å². The van der Waals surface area contributed by atoms with Crippen molar-refractivity contribution in [1.29, 1.82) is 0 Å². The lowest BCUT2D eigenvalue weighted by Gasteiger charge is -2.23. The molecule has 1 heterocycles. The smallest absolute Gasteiger partial charge is 0.231 e. The van der Waals surface area contributed by atoms with Crippen LogP contribution in [-0.2, 0) is 0 Å². The van der Waals surface area contributed by atoms with Crippen LogP contribution in [0.3, 0.4) is 0 Å². The number of rotatable bonds is 5. The van der Waals surface area contributed by atoms with E-state index in [4.69, 9.17) is 9.47 Å². The normalized spacial score (nSPS) is 16.9. The van der Waals surface area contributed by atoms with Crippen LogP contribution in [-0.4, -0.2) is 38.4 Å². The summed E-state index contributed by atoms with van der Waals surface area (Å²) in [4.78, 5) is 2.21. The van der Waals surface area contributed by atoms with Crippen molar-refractivity contribution in [2.24, 2.45) is 0 Å². The van der Waals surface area contributed by atoms with Gasteiger partial charge in [0.2, 0.25) is 6.79 Å². The van der Waals surface area contributed by atoms with Crippen molar-refractivity contribution < 1.29 is 9.47 Å². The second kappa shape index (κ2) is 5.59. The van der Waals surface area contributed by atoms with Crippen molar-refractivity contribution in [3.63, 3.8) is 0 Å². The minimum atomic E-state index is 0.307. The van der Waals surface area contributed by atoms with Crippen LogP contribution in [0.15, 0.2) is 18.2 Å². The summed E-state index contributed by atoms with van der Waals surface area (Å²) in [5.41, 5.74) is 1.23. The van der Waals surface area contributed by atoms with Crippen molar-refractivity contribution >= 4 is 0 Å². The summed E-state index contributed by atoms with van der Waals surface area (Å²) in [6, 6.07) is 6.94. The van der Waals surface area contributed by atoms with E-state index in [1.807, 2.05) is 6.07 Å². The summed E-state index contributed by atoms with van der Waals surface area (Å²) < 4.78 is 10.7. The lowest BCUT2D eigenvalue weighted by Crippen LogP contribution is -2.36. The van der Waals surface area contributed by atoms with Gasteiger partial charge in [-0.2, -0.15) is 0 Å². The number of nitrogens with one attached hydrogen (secondary N) is 1. The summed E-state index contributed by atoms with van der Waals surface area (Å²) in [6.45, 7) is 5.67. The number of hydrogen-bond acceptors (Lipinski definition) is 4. The molecule has 0 bridgehead atoms. The predicted molar refractivity (Wildman–Crippen MR) is 72.1 cm³/mol. The zero-order valence-electron chi connectivity index (χ0n) is 11.6. The standard InChI is InChI=1S/C14H22N2O2/c1-10(16(3)4)8-15-11(2)12-5-6-13-14(7-12)18-9-17-13/h5-7,10-11,15H,8-9H2,1-4H3. The van der Waals surface area contributed by atoms with Gasteiger partial charge in [0.05, 0.1) is 0 Å². The zero-order chi connectivity index (χ0) is 13.1. The first-order valence-corrected chi connectivity index (χ1v) is 6.37. The Balaban J connectivity index is 1.95. The van der Waals surface area contributed by atoms with E-state index < -0.39 is 0 Å². The molecule has 4 heteroatoms. The number of ether oxygens (including phenoxy) is 2. The van der Waals surface area contributed by atoms with Gasteiger partial charge in [0.1, 0.15) is 0 Å². The Morgan fingerprint density at radius 1 is 1.22 bits per heavy atom. The first-order valence-electron chi connectivity index (χ1n) is 6.37. The number of fused-ring (bicyclic) bond motifs is 1. The molecule has 1 aliphatic heterocycles. The summed E-state index contributed by atoms with van der Waals surface area (Å²) in [5.74, 6) is 1.69. The number of benzene rings is 1. The Bertz CT molecular complexity index is 407. The summed E-state index contributed by atoms with van der Waals surface area (Å²) in [7, 11) is 4.19. The molecule has 100 valence electrons. The molecule has 1 aliphatic rings. The highest BCUT2D eigenvalue weighted by atomic mass is 16.7. The van der Waals surface area contributed by atoms with Gasteiger partial charge < -0.3 is 19.7 Å². The molecule has 4 nitrogen and oxygen atoms in total. The lowest BCUT2D eigenvalue weighted by atomic mass is 10.1. The molecule has 0 fully saturated rings. The lowest BCUT2D eigenvalue weighted by molar-refractivity contribution is 0.174. The van der Waals surface area contributed by atoms with Crippen LogP contribution < -0.4 is 14.8 Å². The molecular weight excluding hydrogens is 228 g/mol. The highest BCUT2D eigenvalue weighted by Gasteiger charge is 2.16. The molecule has 2 unspecified atom stereocenters. The maximum Gasteiger partial charge on any atom is 0.231 e. The highest BCUT2D eigenvalue weighted by molar-refractivity contribution is 5.45. The molecule has 2 atom stereocenters. The molecule has 0 radical (unpaired) electrons. The minimum Gasteiger partial charge on any atom is -0.454 e. The van der Waals surface area contributed by atoms with Crippen LogP contribution in [0, 0.1) is 0 Å². The molecule has 0 aliphatic carbocycles. The fraction of sp³-hybridized carbons (Fsp3) is 0.571. The SMILES string of the molecule is CC(NCC(C)N(C)C)c1ccc2c(c1)OCO2. The van der Waals surface area contributed by atoms with Crippen molar-refractivity contribution in [3.05, 3.63) is 23.8 Å². The molecular formula is C14H22N2O2. The van der Waals surface area contributed by atoms with Crippen molar-refractivity contribution in [1.82, 2.24) is 10.2 Å². The number of likely N-dealkylation sites (N-methyl/N-ethyl adjacent to an activating group) is 1. The van der Waals surface area contributed by atoms with Gasteiger partial charge in [0.15, 0.2) is 11.5 Å². The molecule has 18 heavy (non-hydrogen) atoms. The Morgan fingerprint density at radius 3 is 2.67 bits per heavy atom. The van der Waals surface area contributed by atoms with E-state index in [0.717, 1.165) is 18.0 Å². The molecule has 0 amide bonds. The number of nitrogens with zero attached hydrogens (tertiary/aromatic N) is 1. The van der Waals surface area contributed by atoms with Gasteiger partial charge in [-0.1, -0.05) is 6.07 Å². The van der Waals surface area contributed by atoms with Gasteiger partial charge in [0.25, 0.3) is 0 Å². The van der Waals surface area contributed by atoms with Crippen LogP contribution in [0.5, 0.6) is 11.5 Å². The van der Waals surface area contributed by atoms with E-state index in [-0.39, 0.29) is 0 Å².